The molecule has 0 saturated heterocycles. The Bertz CT molecular complexity index is 1640. The minimum absolute atomic E-state index is 0.0919. The summed E-state index contributed by atoms with van der Waals surface area (Å²) < 4.78 is 6.18. The minimum atomic E-state index is -2.11. The number of hydrogen-bond donors (Lipinski definition) is 1. The molecule has 0 bridgehead atoms. The van der Waals surface area contributed by atoms with Gasteiger partial charge in [-0.15, -0.1) is 0 Å². The molecule has 1 saturated carbocycles. The molecule has 5 rings (SSSR count). The lowest BCUT2D eigenvalue weighted by atomic mass is 9.73. The van der Waals surface area contributed by atoms with Crippen molar-refractivity contribution in [3.63, 3.8) is 0 Å². The molecule has 4 aromatic carbocycles. The highest BCUT2D eigenvalue weighted by Gasteiger charge is 2.67. The van der Waals surface area contributed by atoms with Crippen molar-refractivity contribution in [2.45, 2.75) is 18.6 Å². The summed E-state index contributed by atoms with van der Waals surface area (Å²) in [7, 11) is 0. The molecule has 0 aromatic heterocycles. The fraction of sp³-hybridized carbons (Fsp3) is 0.206. The van der Waals surface area contributed by atoms with E-state index >= 15 is 0 Å². The first kappa shape index (κ1) is 31.4. The van der Waals surface area contributed by atoms with Crippen LogP contribution in [0.15, 0.2) is 97.1 Å². The molecule has 9 heteroatoms. The number of Topliss-reactive ketones (excluding diaryl/α,β-unsaturated/α-hetero) is 3. The Morgan fingerprint density at radius 2 is 0.953 bits per heavy atom. The molecule has 5 atom stereocenters. The first-order chi connectivity index (χ1) is 20.6. The van der Waals surface area contributed by atoms with Gasteiger partial charge in [0.25, 0.3) is 0 Å². The predicted molar refractivity (Wildman–Crippen MR) is 169 cm³/mol. The fourth-order valence-electron chi connectivity index (χ4n) is 5.98. The molecule has 5 nitrogen and oxygen atoms in total. The van der Waals surface area contributed by atoms with Crippen molar-refractivity contribution in [2.75, 3.05) is 6.61 Å². The minimum Gasteiger partial charge on any atom is -0.382 e. The van der Waals surface area contributed by atoms with Gasteiger partial charge in [-0.2, -0.15) is 0 Å². The highest BCUT2D eigenvalue weighted by molar-refractivity contribution is 6.31. The van der Waals surface area contributed by atoms with Crippen molar-refractivity contribution in [1.82, 2.24) is 0 Å². The number of benzene rings is 4. The third-order valence-corrected chi connectivity index (χ3v) is 8.92. The highest BCUT2D eigenvalue weighted by Crippen LogP contribution is 2.55. The molecule has 0 aliphatic heterocycles. The van der Waals surface area contributed by atoms with Gasteiger partial charge >= 0.3 is 0 Å². The van der Waals surface area contributed by atoms with Crippen LogP contribution in [-0.2, 0) is 10.3 Å². The van der Waals surface area contributed by atoms with Crippen molar-refractivity contribution in [3.05, 3.63) is 139 Å². The summed E-state index contributed by atoms with van der Waals surface area (Å²) in [5.41, 5.74) is -1.14. The largest absolute Gasteiger partial charge is 0.382 e. The second kappa shape index (κ2) is 12.9. The smallest absolute Gasteiger partial charge is 0.170 e. The summed E-state index contributed by atoms with van der Waals surface area (Å²) in [6, 6.07) is 24.9. The standard InChI is InChI=1S/C34H26Cl4O5/c1-2-43-33-28(31(40)20-5-13-24(36)14-6-20)27(30(39)19-3-11-23(35)12-4-19)29(32(41)21-7-15-25(37)16-8-21)34(33,42)22-9-17-26(38)18-10-22/h3-18,27-29,33,42H,2H2,1H3/t27-,28+,29-,33-,34+/m0/s1. The Morgan fingerprint density at radius 1 is 0.605 bits per heavy atom. The lowest BCUT2D eigenvalue weighted by Gasteiger charge is -2.36. The van der Waals surface area contributed by atoms with Crippen LogP contribution in [0.1, 0.15) is 43.6 Å². The van der Waals surface area contributed by atoms with E-state index in [1.54, 1.807) is 79.7 Å². The maximum atomic E-state index is 14.5. The molecule has 0 amide bonds. The zero-order valence-electron chi connectivity index (χ0n) is 22.8. The van der Waals surface area contributed by atoms with Crippen molar-refractivity contribution in [2.24, 2.45) is 17.8 Å². The summed E-state index contributed by atoms with van der Waals surface area (Å²) in [4.78, 5) is 43.4. The average molecular weight is 656 g/mol. The molecule has 1 aliphatic rings. The number of hydrogen-bond acceptors (Lipinski definition) is 5. The van der Waals surface area contributed by atoms with Gasteiger partial charge in [0.15, 0.2) is 17.3 Å². The summed E-state index contributed by atoms with van der Waals surface area (Å²) in [5, 5.41) is 14.5. The lowest BCUT2D eigenvalue weighted by molar-refractivity contribution is -0.115. The number of ketones is 3. The Balaban J connectivity index is 1.79. The van der Waals surface area contributed by atoms with Gasteiger partial charge in [-0.25, -0.2) is 0 Å². The summed E-state index contributed by atoms with van der Waals surface area (Å²) in [6.45, 7) is 1.81. The molecule has 1 fully saturated rings. The second-order valence-corrected chi connectivity index (χ2v) is 12.1. The van der Waals surface area contributed by atoms with Crippen molar-refractivity contribution in [1.29, 1.82) is 0 Å². The Morgan fingerprint density at radius 3 is 1.35 bits per heavy atom. The van der Waals surface area contributed by atoms with Gasteiger partial charge in [0.05, 0.1) is 11.8 Å². The zero-order valence-corrected chi connectivity index (χ0v) is 25.9. The van der Waals surface area contributed by atoms with Gasteiger partial charge in [-0.1, -0.05) is 58.5 Å². The first-order valence-electron chi connectivity index (χ1n) is 13.6. The molecular weight excluding hydrogens is 630 g/mol. The van der Waals surface area contributed by atoms with Crippen molar-refractivity contribution < 1.29 is 24.2 Å². The Hall–Kier alpha value is -3.03. The Kier molecular flexibility index (Phi) is 9.43. The molecule has 0 unspecified atom stereocenters. The van der Waals surface area contributed by atoms with Gasteiger partial charge in [-0.05, 0) is 97.4 Å². The zero-order chi connectivity index (χ0) is 30.9. The predicted octanol–water partition coefficient (Wildman–Crippen LogP) is 8.40. The number of ether oxygens (including phenoxy) is 1. The highest BCUT2D eigenvalue weighted by atomic mass is 35.5. The number of aliphatic hydroxyl groups is 1. The SMILES string of the molecule is CCO[C@H]1[C@@H](C(=O)c2ccc(Cl)cc2)[C@H](C(=O)c2ccc(Cl)cc2)[C@@H](C(=O)c2ccc(Cl)cc2)[C@]1(O)c1ccc(Cl)cc1. The van der Waals surface area contributed by atoms with E-state index in [-0.39, 0.29) is 28.9 Å². The third kappa shape index (κ3) is 6.03. The lowest BCUT2D eigenvalue weighted by Crippen LogP contribution is -2.47. The molecule has 1 aliphatic carbocycles. The van der Waals surface area contributed by atoms with Crippen LogP contribution in [0.5, 0.6) is 0 Å². The van der Waals surface area contributed by atoms with Gasteiger partial charge in [0.1, 0.15) is 11.7 Å². The van der Waals surface area contributed by atoms with Gasteiger partial charge in [0, 0.05) is 49.3 Å². The fourth-order valence-corrected chi connectivity index (χ4v) is 6.48. The van der Waals surface area contributed by atoms with E-state index in [9.17, 15) is 19.5 Å². The van der Waals surface area contributed by atoms with Crippen molar-refractivity contribution >= 4 is 63.8 Å². The Labute approximate surface area is 269 Å². The van der Waals surface area contributed by atoms with E-state index in [1.807, 2.05) is 0 Å². The average Bonchev–Trinajstić information content (AvgIpc) is 3.26. The summed E-state index contributed by atoms with van der Waals surface area (Å²) in [5.74, 6) is -5.54. The molecule has 220 valence electrons. The van der Waals surface area contributed by atoms with E-state index in [0.29, 0.717) is 20.1 Å². The van der Waals surface area contributed by atoms with Crippen LogP contribution in [0.3, 0.4) is 0 Å². The van der Waals surface area contributed by atoms with Crippen LogP contribution in [0, 0.1) is 17.8 Å². The monoisotopic (exact) mass is 654 g/mol. The van der Waals surface area contributed by atoms with E-state index in [2.05, 4.69) is 0 Å². The normalized spacial score (nSPS) is 23.2. The van der Waals surface area contributed by atoms with Gasteiger partial charge < -0.3 is 9.84 Å². The van der Waals surface area contributed by atoms with Crippen LogP contribution >= 0.6 is 46.4 Å². The first-order valence-corrected chi connectivity index (χ1v) is 15.1. The van der Waals surface area contributed by atoms with E-state index in [1.165, 1.54) is 24.3 Å². The summed E-state index contributed by atoms with van der Waals surface area (Å²) in [6.07, 6.45) is -1.29. The molecule has 0 spiro atoms. The molecule has 0 heterocycles. The van der Waals surface area contributed by atoms with E-state index < -0.39 is 46.8 Å². The quantitative estimate of drug-likeness (QED) is 0.183. The molecule has 43 heavy (non-hydrogen) atoms. The third-order valence-electron chi connectivity index (χ3n) is 7.91. The number of carbonyl (C=O) groups excluding carboxylic acids is 3. The number of halogens is 4. The van der Waals surface area contributed by atoms with Gasteiger partial charge in [-0.3, -0.25) is 14.4 Å². The molecule has 0 radical (unpaired) electrons. The maximum Gasteiger partial charge on any atom is 0.170 e. The van der Waals surface area contributed by atoms with E-state index in [4.69, 9.17) is 51.1 Å². The van der Waals surface area contributed by atoms with Crippen LogP contribution in [0.25, 0.3) is 0 Å². The molecule has 4 aromatic rings. The van der Waals surface area contributed by atoms with Crippen LogP contribution < -0.4 is 0 Å². The topological polar surface area (TPSA) is 80.7 Å². The van der Waals surface area contributed by atoms with Crippen LogP contribution in [0.4, 0.5) is 0 Å². The van der Waals surface area contributed by atoms with Crippen molar-refractivity contribution in [3.8, 4) is 0 Å². The van der Waals surface area contributed by atoms with Crippen LogP contribution in [-0.4, -0.2) is 35.2 Å². The molecule has 1 N–H and O–H groups in total. The number of rotatable bonds is 9. The summed E-state index contributed by atoms with van der Waals surface area (Å²) >= 11 is 24.5. The molecular formula is C34H26Cl4O5. The number of carbonyl (C=O) groups is 3. The second-order valence-electron chi connectivity index (χ2n) is 10.4. The van der Waals surface area contributed by atoms with E-state index in [0.717, 1.165) is 0 Å². The maximum absolute atomic E-state index is 14.5. The van der Waals surface area contributed by atoms with Gasteiger partial charge in [0.2, 0.25) is 0 Å². The van der Waals surface area contributed by atoms with Crippen LogP contribution in [0.2, 0.25) is 20.1 Å².